The van der Waals surface area contributed by atoms with Crippen LogP contribution in [0.2, 0.25) is 0 Å². The van der Waals surface area contributed by atoms with Crippen molar-refractivity contribution in [1.82, 2.24) is 5.32 Å². The maximum Gasteiger partial charge on any atom is 0.133 e. The van der Waals surface area contributed by atoms with Gasteiger partial charge in [-0.15, -0.1) is 0 Å². The third kappa shape index (κ3) is 4.20. The number of hydrogen-bond donors (Lipinski definition) is 2. The molecule has 15 heavy (non-hydrogen) atoms. The molecule has 0 bridgehead atoms. The monoisotopic (exact) mass is 273 g/mol. The van der Waals surface area contributed by atoms with Crippen LogP contribution in [-0.2, 0) is 6.54 Å². The van der Waals surface area contributed by atoms with Crippen molar-refractivity contribution in [3.63, 3.8) is 0 Å². The minimum Gasteiger partial charge on any atom is -0.496 e. The molecule has 0 amide bonds. The number of hydrogen-bond acceptors (Lipinski definition) is 3. The molecule has 0 aromatic heterocycles. The summed E-state index contributed by atoms with van der Waals surface area (Å²) >= 11 is 3.43. The molecular formula is C11H16BrNO2. The van der Waals surface area contributed by atoms with Gasteiger partial charge in [0.05, 0.1) is 17.7 Å². The molecule has 0 aliphatic carbocycles. The number of halogens is 1. The summed E-state index contributed by atoms with van der Waals surface area (Å²) in [6.45, 7) is 3.11. The summed E-state index contributed by atoms with van der Waals surface area (Å²) in [7, 11) is 1.64. The molecule has 0 radical (unpaired) electrons. The molecule has 4 heteroatoms. The molecule has 1 atom stereocenters. The predicted molar refractivity (Wildman–Crippen MR) is 64.1 cm³/mol. The van der Waals surface area contributed by atoms with E-state index < -0.39 is 0 Å². The molecule has 2 N–H and O–H groups in total. The molecule has 1 aromatic carbocycles. The van der Waals surface area contributed by atoms with E-state index in [0.717, 1.165) is 22.3 Å². The molecule has 1 aromatic rings. The van der Waals surface area contributed by atoms with Crippen LogP contribution in [0, 0.1) is 0 Å². The molecule has 0 fully saturated rings. The molecule has 0 saturated heterocycles. The fourth-order valence-electron chi connectivity index (χ4n) is 1.25. The van der Waals surface area contributed by atoms with Crippen LogP contribution in [0.5, 0.6) is 5.75 Å². The van der Waals surface area contributed by atoms with Crippen LogP contribution in [0.25, 0.3) is 0 Å². The van der Waals surface area contributed by atoms with Gasteiger partial charge in [-0.2, -0.15) is 0 Å². The Morgan fingerprint density at radius 3 is 2.80 bits per heavy atom. The van der Waals surface area contributed by atoms with Gasteiger partial charge < -0.3 is 15.2 Å². The number of aliphatic hydroxyl groups excluding tert-OH is 1. The first-order valence-electron chi connectivity index (χ1n) is 4.84. The second kappa shape index (κ2) is 6.10. The molecule has 1 unspecified atom stereocenters. The first-order valence-corrected chi connectivity index (χ1v) is 5.64. The highest BCUT2D eigenvalue weighted by Crippen LogP contribution is 2.25. The zero-order chi connectivity index (χ0) is 11.3. The van der Waals surface area contributed by atoms with Crippen molar-refractivity contribution in [2.45, 2.75) is 19.6 Å². The normalized spacial score (nSPS) is 12.5. The van der Waals surface area contributed by atoms with Gasteiger partial charge in [-0.1, -0.05) is 6.07 Å². The molecule has 0 saturated carbocycles. The van der Waals surface area contributed by atoms with Crippen molar-refractivity contribution in [2.75, 3.05) is 13.7 Å². The van der Waals surface area contributed by atoms with Crippen molar-refractivity contribution >= 4 is 15.9 Å². The Balaban J connectivity index is 2.52. The summed E-state index contributed by atoms with van der Waals surface area (Å²) in [5.74, 6) is 0.828. The minimum absolute atomic E-state index is 0.313. The Kier molecular flexibility index (Phi) is 5.08. The second-order valence-electron chi connectivity index (χ2n) is 3.45. The van der Waals surface area contributed by atoms with E-state index in [1.807, 2.05) is 18.2 Å². The molecule has 3 nitrogen and oxygen atoms in total. The Morgan fingerprint density at radius 2 is 2.27 bits per heavy atom. The van der Waals surface area contributed by atoms with E-state index in [4.69, 9.17) is 9.84 Å². The quantitative estimate of drug-likeness (QED) is 0.862. The summed E-state index contributed by atoms with van der Waals surface area (Å²) < 4.78 is 6.08. The predicted octanol–water partition coefficient (Wildman–Crippen LogP) is 1.93. The average molecular weight is 274 g/mol. The number of ether oxygens (including phenoxy) is 1. The standard InChI is InChI=1S/C11H16BrNO2/c1-8(14)6-13-7-9-3-4-11(15-2)10(12)5-9/h3-5,8,13-14H,6-7H2,1-2H3. The van der Waals surface area contributed by atoms with E-state index in [2.05, 4.69) is 21.2 Å². The van der Waals surface area contributed by atoms with E-state index in [-0.39, 0.29) is 6.10 Å². The lowest BCUT2D eigenvalue weighted by molar-refractivity contribution is 0.191. The Hall–Kier alpha value is -0.580. The first kappa shape index (κ1) is 12.5. The zero-order valence-electron chi connectivity index (χ0n) is 8.96. The lowest BCUT2D eigenvalue weighted by atomic mass is 10.2. The molecule has 0 aliphatic rings. The van der Waals surface area contributed by atoms with E-state index in [0.29, 0.717) is 6.54 Å². The third-order valence-corrected chi connectivity index (χ3v) is 2.60. The van der Waals surface area contributed by atoms with E-state index in [1.54, 1.807) is 14.0 Å². The Labute approximate surface area is 98.6 Å². The number of benzene rings is 1. The van der Waals surface area contributed by atoms with Crippen LogP contribution in [0.1, 0.15) is 12.5 Å². The number of aliphatic hydroxyl groups is 1. The van der Waals surface area contributed by atoms with Gasteiger partial charge in [-0.3, -0.25) is 0 Å². The van der Waals surface area contributed by atoms with Crippen LogP contribution in [0.15, 0.2) is 22.7 Å². The molecule has 0 aliphatic heterocycles. The Bertz CT molecular complexity index is 315. The lowest BCUT2D eigenvalue weighted by Gasteiger charge is -2.08. The highest BCUT2D eigenvalue weighted by molar-refractivity contribution is 9.10. The van der Waals surface area contributed by atoms with Gasteiger partial charge in [-0.05, 0) is 40.5 Å². The van der Waals surface area contributed by atoms with Gasteiger partial charge in [0, 0.05) is 13.1 Å². The summed E-state index contributed by atoms with van der Waals surface area (Å²) in [5.41, 5.74) is 1.16. The molecule has 0 spiro atoms. The maximum absolute atomic E-state index is 9.08. The van der Waals surface area contributed by atoms with Gasteiger partial charge in [0.1, 0.15) is 5.75 Å². The van der Waals surface area contributed by atoms with Crippen LogP contribution in [-0.4, -0.2) is 24.9 Å². The van der Waals surface area contributed by atoms with E-state index >= 15 is 0 Å². The van der Waals surface area contributed by atoms with E-state index in [9.17, 15) is 0 Å². The first-order chi connectivity index (χ1) is 7.13. The van der Waals surface area contributed by atoms with Crippen LogP contribution < -0.4 is 10.1 Å². The zero-order valence-corrected chi connectivity index (χ0v) is 10.5. The molecular weight excluding hydrogens is 258 g/mol. The largest absolute Gasteiger partial charge is 0.496 e. The summed E-state index contributed by atoms with van der Waals surface area (Å²) in [6, 6.07) is 5.93. The van der Waals surface area contributed by atoms with Crippen LogP contribution >= 0.6 is 15.9 Å². The maximum atomic E-state index is 9.08. The summed E-state index contributed by atoms with van der Waals surface area (Å²) in [5, 5.41) is 12.2. The summed E-state index contributed by atoms with van der Waals surface area (Å²) in [4.78, 5) is 0. The topological polar surface area (TPSA) is 41.5 Å². The van der Waals surface area contributed by atoms with Crippen molar-refractivity contribution in [1.29, 1.82) is 0 Å². The molecule has 84 valence electrons. The molecule has 1 rings (SSSR count). The highest BCUT2D eigenvalue weighted by atomic mass is 79.9. The lowest BCUT2D eigenvalue weighted by Crippen LogP contribution is -2.23. The van der Waals surface area contributed by atoms with Crippen molar-refractivity contribution in [3.8, 4) is 5.75 Å². The summed E-state index contributed by atoms with van der Waals surface area (Å²) in [6.07, 6.45) is -0.313. The number of rotatable bonds is 5. The second-order valence-corrected chi connectivity index (χ2v) is 4.30. The van der Waals surface area contributed by atoms with Crippen LogP contribution in [0.4, 0.5) is 0 Å². The van der Waals surface area contributed by atoms with Gasteiger partial charge in [0.25, 0.3) is 0 Å². The van der Waals surface area contributed by atoms with Gasteiger partial charge >= 0.3 is 0 Å². The van der Waals surface area contributed by atoms with Gasteiger partial charge in [-0.25, -0.2) is 0 Å². The number of nitrogens with one attached hydrogen (secondary N) is 1. The minimum atomic E-state index is -0.313. The average Bonchev–Trinajstić information content (AvgIpc) is 2.17. The van der Waals surface area contributed by atoms with Crippen molar-refractivity contribution < 1.29 is 9.84 Å². The fraction of sp³-hybridized carbons (Fsp3) is 0.455. The van der Waals surface area contributed by atoms with Crippen molar-refractivity contribution in [3.05, 3.63) is 28.2 Å². The number of methoxy groups -OCH3 is 1. The highest BCUT2D eigenvalue weighted by Gasteiger charge is 2.01. The van der Waals surface area contributed by atoms with Crippen LogP contribution in [0.3, 0.4) is 0 Å². The third-order valence-electron chi connectivity index (χ3n) is 1.99. The SMILES string of the molecule is COc1ccc(CNCC(C)O)cc1Br. The van der Waals surface area contributed by atoms with Gasteiger partial charge in [0.2, 0.25) is 0 Å². The fourth-order valence-corrected chi connectivity index (χ4v) is 1.83. The van der Waals surface area contributed by atoms with Gasteiger partial charge in [0.15, 0.2) is 0 Å². The molecule has 0 heterocycles. The van der Waals surface area contributed by atoms with Crippen molar-refractivity contribution in [2.24, 2.45) is 0 Å². The Morgan fingerprint density at radius 1 is 1.53 bits per heavy atom. The smallest absolute Gasteiger partial charge is 0.133 e. The van der Waals surface area contributed by atoms with E-state index in [1.165, 1.54) is 0 Å².